The Morgan fingerprint density at radius 1 is 1.24 bits per heavy atom. The molecule has 21 heavy (non-hydrogen) atoms. The fourth-order valence-electron chi connectivity index (χ4n) is 2.24. The summed E-state index contributed by atoms with van der Waals surface area (Å²) in [4.78, 5) is 8.67. The average Bonchev–Trinajstić information content (AvgIpc) is 2.91. The van der Waals surface area contributed by atoms with Crippen LogP contribution in [-0.2, 0) is 0 Å². The van der Waals surface area contributed by atoms with E-state index in [1.165, 1.54) is 0 Å². The highest BCUT2D eigenvalue weighted by Gasteiger charge is 2.20. The van der Waals surface area contributed by atoms with Crippen LogP contribution >= 0.6 is 11.6 Å². The van der Waals surface area contributed by atoms with E-state index in [9.17, 15) is 0 Å². The molecule has 1 aromatic carbocycles. The lowest BCUT2D eigenvalue weighted by Crippen LogP contribution is -2.24. The molecule has 0 bridgehead atoms. The first-order valence-electron chi connectivity index (χ1n) is 6.97. The van der Waals surface area contributed by atoms with Gasteiger partial charge in [-0.1, -0.05) is 18.5 Å². The number of fused-ring (bicyclic) bond motifs is 1. The first-order chi connectivity index (χ1) is 10.3. The van der Waals surface area contributed by atoms with Gasteiger partial charge in [-0.05, 0) is 43.3 Å². The number of nitrogens with zero attached hydrogens (tertiary/aromatic N) is 2. The number of rotatable bonds is 5. The molecule has 0 radical (unpaired) electrons. The molecule has 1 unspecified atom stereocenters. The van der Waals surface area contributed by atoms with E-state index in [-0.39, 0.29) is 6.04 Å². The van der Waals surface area contributed by atoms with Crippen LogP contribution in [0.1, 0.15) is 31.0 Å². The molecular weight excluding hydrogens is 286 g/mol. The minimum absolute atomic E-state index is 0.155. The first-order valence-corrected chi connectivity index (χ1v) is 7.35. The van der Waals surface area contributed by atoms with Crippen LogP contribution in [0.3, 0.4) is 0 Å². The van der Waals surface area contributed by atoms with Gasteiger partial charge in [0.25, 0.3) is 0 Å². The Hall–Kier alpha value is -1.91. The maximum Gasteiger partial charge on any atom is 0.152 e. The number of benzene rings is 1. The predicted octanol–water partition coefficient (Wildman–Crippen LogP) is 3.97. The van der Waals surface area contributed by atoms with Gasteiger partial charge in [-0.25, -0.2) is 9.97 Å². The Kier molecular flexibility index (Phi) is 4.18. The second-order valence-electron chi connectivity index (χ2n) is 4.83. The van der Waals surface area contributed by atoms with Crippen molar-refractivity contribution in [1.29, 1.82) is 0 Å². The summed E-state index contributed by atoms with van der Waals surface area (Å²) in [5.41, 5.74) is 0.814. The summed E-state index contributed by atoms with van der Waals surface area (Å²) in [5.74, 6) is 1.50. The van der Waals surface area contributed by atoms with Crippen LogP contribution < -0.4 is 5.32 Å². The molecule has 1 atom stereocenters. The number of halogens is 1. The lowest BCUT2D eigenvalue weighted by Gasteiger charge is -2.14. The molecule has 0 aliphatic heterocycles. The number of hydrogen-bond donors (Lipinski definition) is 1. The topological polar surface area (TPSA) is 51.0 Å². The Morgan fingerprint density at radius 2 is 2.05 bits per heavy atom. The van der Waals surface area contributed by atoms with E-state index in [0.717, 1.165) is 29.7 Å². The normalized spacial score (nSPS) is 12.7. The largest absolute Gasteiger partial charge is 0.459 e. The Labute approximate surface area is 128 Å². The van der Waals surface area contributed by atoms with Crippen LogP contribution in [0, 0.1) is 0 Å². The third-order valence-electron chi connectivity index (χ3n) is 3.22. The van der Waals surface area contributed by atoms with E-state index >= 15 is 0 Å². The lowest BCUT2D eigenvalue weighted by atomic mass is 10.1. The quantitative estimate of drug-likeness (QED) is 0.775. The van der Waals surface area contributed by atoms with Crippen molar-refractivity contribution < 1.29 is 4.42 Å². The summed E-state index contributed by atoms with van der Waals surface area (Å²) < 4.78 is 5.94. The number of furan rings is 1. The fraction of sp³-hybridized carbons (Fsp3) is 0.250. The molecule has 1 N–H and O–H groups in total. The second kappa shape index (κ2) is 6.24. The maximum atomic E-state index is 6.03. The monoisotopic (exact) mass is 301 g/mol. The van der Waals surface area contributed by atoms with E-state index < -0.39 is 0 Å². The van der Waals surface area contributed by atoms with E-state index in [1.807, 2.05) is 24.3 Å². The van der Waals surface area contributed by atoms with Crippen molar-refractivity contribution in [2.45, 2.75) is 19.4 Å². The minimum atomic E-state index is -0.155. The predicted molar refractivity (Wildman–Crippen MR) is 83.4 cm³/mol. The van der Waals surface area contributed by atoms with Gasteiger partial charge in [-0.2, -0.15) is 0 Å². The summed E-state index contributed by atoms with van der Waals surface area (Å²) in [6, 6.07) is 9.24. The van der Waals surface area contributed by atoms with Crippen LogP contribution in [0.2, 0.25) is 5.02 Å². The van der Waals surface area contributed by atoms with Crippen LogP contribution in [-0.4, -0.2) is 16.5 Å². The summed E-state index contributed by atoms with van der Waals surface area (Å²) in [7, 11) is 0. The zero-order valence-corrected chi connectivity index (χ0v) is 12.5. The van der Waals surface area contributed by atoms with Gasteiger partial charge in [0.1, 0.15) is 17.4 Å². The zero-order valence-electron chi connectivity index (χ0n) is 11.7. The van der Waals surface area contributed by atoms with Crippen LogP contribution in [0.15, 0.2) is 47.1 Å². The standard InChI is InChI=1S/C16H16ClN3O/c1-2-6-18-15(16-19-7-3-8-20-16)14-10-11-9-12(17)4-5-13(11)21-14/h3-5,7-10,15,18H,2,6H2,1H3. The van der Waals surface area contributed by atoms with Gasteiger partial charge in [-0.15, -0.1) is 0 Å². The van der Waals surface area contributed by atoms with Crippen LogP contribution in [0.4, 0.5) is 0 Å². The van der Waals surface area contributed by atoms with Gasteiger partial charge in [0.05, 0.1) is 0 Å². The highest BCUT2D eigenvalue weighted by atomic mass is 35.5. The molecule has 0 amide bonds. The fourth-order valence-corrected chi connectivity index (χ4v) is 2.43. The Morgan fingerprint density at radius 3 is 2.81 bits per heavy atom. The summed E-state index contributed by atoms with van der Waals surface area (Å²) in [5, 5.41) is 5.11. The third-order valence-corrected chi connectivity index (χ3v) is 3.46. The Bertz CT molecular complexity index is 727. The maximum absolute atomic E-state index is 6.03. The molecule has 2 aromatic heterocycles. The second-order valence-corrected chi connectivity index (χ2v) is 5.26. The van der Waals surface area contributed by atoms with Crippen molar-refractivity contribution in [1.82, 2.24) is 15.3 Å². The highest BCUT2D eigenvalue weighted by molar-refractivity contribution is 6.31. The summed E-state index contributed by atoms with van der Waals surface area (Å²) in [6.45, 7) is 2.98. The van der Waals surface area contributed by atoms with E-state index in [2.05, 4.69) is 22.2 Å². The van der Waals surface area contributed by atoms with Gasteiger partial charge in [0.15, 0.2) is 5.82 Å². The lowest BCUT2D eigenvalue weighted by molar-refractivity contribution is 0.456. The highest BCUT2D eigenvalue weighted by Crippen LogP contribution is 2.28. The molecule has 2 heterocycles. The first kappa shape index (κ1) is 14.0. The van der Waals surface area contributed by atoms with Crippen molar-refractivity contribution in [3.8, 4) is 0 Å². The van der Waals surface area contributed by atoms with Crippen molar-refractivity contribution in [3.05, 3.63) is 59.3 Å². The van der Waals surface area contributed by atoms with E-state index in [0.29, 0.717) is 10.8 Å². The molecule has 0 spiro atoms. The van der Waals surface area contributed by atoms with Crippen LogP contribution in [0.25, 0.3) is 11.0 Å². The molecule has 0 saturated heterocycles. The molecule has 4 nitrogen and oxygen atoms in total. The average molecular weight is 302 g/mol. The molecule has 5 heteroatoms. The van der Waals surface area contributed by atoms with Crippen molar-refractivity contribution in [3.63, 3.8) is 0 Å². The van der Waals surface area contributed by atoms with Gasteiger partial charge in [-0.3, -0.25) is 0 Å². The molecule has 3 rings (SSSR count). The molecule has 3 aromatic rings. The van der Waals surface area contributed by atoms with Gasteiger partial charge >= 0.3 is 0 Å². The number of hydrogen-bond acceptors (Lipinski definition) is 4. The van der Waals surface area contributed by atoms with Crippen molar-refractivity contribution >= 4 is 22.6 Å². The summed E-state index contributed by atoms with van der Waals surface area (Å²) >= 11 is 6.03. The van der Waals surface area contributed by atoms with Crippen molar-refractivity contribution in [2.75, 3.05) is 6.54 Å². The summed E-state index contributed by atoms with van der Waals surface area (Å²) in [6.07, 6.45) is 4.50. The van der Waals surface area contributed by atoms with E-state index in [1.54, 1.807) is 18.5 Å². The molecule has 0 saturated carbocycles. The van der Waals surface area contributed by atoms with Gasteiger partial charge in [0.2, 0.25) is 0 Å². The minimum Gasteiger partial charge on any atom is -0.459 e. The van der Waals surface area contributed by atoms with Gasteiger partial charge in [0, 0.05) is 22.8 Å². The van der Waals surface area contributed by atoms with Crippen LogP contribution in [0.5, 0.6) is 0 Å². The molecule has 0 aliphatic carbocycles. The van der Waals surface area contributed by atoms with Crippen molar-refractivity contribution in [2.24, 2.45) is 0 Å². The molecular formula is C16H16ClN3O. The van der Waals surface area contributed by atoms with Gasteiger partial charge < -0.3 is 9.73 Å². The molecule has 0 aliphatic rings. The molecule has 0 fully saturated rings. The third kappa shape index (κ3) is 3.06. The van der Waals surface area contributed by atoms with E-state index in [4.69, 9.17) is 16.0 Å². The number of nitrogens with one attached hydrogen (secondary N) is 1. The number of aromatic nitrogens is 2. The Balaban J connectivity index is 2.01. The smallest absolute Gasteiger partial charge is 0.152 e. The SMILES string of the molecule is CCCNC(c1ncccn1)c1cc2cc(Cl)ccc2o1. The molecule has 108 valence electrons. The zero-order chi connectivity index (χ0) is 14.7.